The van der Waals surface area contributed by atoms with Gasteiger partial charge in [-0.1, -0.05) is 27.7 Å². The number of rotatable bonds is 9. The van der Waals surface area contributed by atoms with Gasteiger partial charge < -0.3 is 24.4 Å². The fraction of sp³-hybridized carbons (Fsp3) is 0.655. The summed E-state index contributed by atoms with van der Waals surface area (Å²) in [6, 6.07) is 7.78. The fourth-order valence-corrected chi connectivity index (χ4v) is 6.06. The van der Waals surface area contributed by atoms with E-state index in [4.69, 9.17) is 4.74 Å². The third-order valence-corrected chi connectivity index (χ3v) is 7.94. The first-order chi connectivity index (χ1) is 17.1. The van der Waals surface area contributed by atoms with Crippen molar-refractivity contribution in [3.63, 3.8) is 0 Å². The number of amides is 2. The van der Waals surface area contributed by atoms with Crippen LogP contribution in [-0.2, 0) is 11.3 Å². The van der Waals surface area contributed by atoms with E-state index in [9.17, 15) is 9.59 Å². The summed E-state index contributed by atoms with van der Waals surface area (Å²) in [4.78, 5) is 31.8. The van der Waals surface area contributed by atoms with Gasteiger partial charge in [-0.3, -0.25) is 9.59 Å². The van der Waals surface area contributed by atoms with Crippen LogP contribution in [0.4, 0.5) is 0 Å². The molecule has 1 aromatic heterocycles. The molecule has 7 heteroatoms. The number of methoxy groups -OCH3 is 1. The molecular formula is C29H44N4O3. The molecule has 36 heavy (non-hydrogen) atoms. The van der Waals surface area contributed by atoms with Crippen LogP contribution in [0.3, 0.4) is 0 Å². The van der Waals surface area contributed by atoms with E-state index in [1.807, 2.05) is 40.7 Å². The molecule has 0 spiro atoms. The average Bonchev–Trinajstić information content (AvgIpc) is 3.18. The highest BCUT2D eigenvalue weighted by molar-refractivity contribution is 6.03. The summed E-state index contributed by atoms with van der Waals surface area (Å²) >= 11 is 0. The number of hydrogen-bond donors (Lipinski definition) is 1. The molecule has 0 aliphatic carbocycles. The van der Waals surface area contributed by atoms with Gasteiger partial charge in [0.2, 0.25) is 5.91 Å². The molecule has 0 radical (unpaired) electrons. The first kappa shape index (κ1) is 26.5. The first-order valence-electron chi connectivity index (χ1n) is 13.6. The van der Waals surface area contributed by atoms with Crippen molar-refractivity contribution in [3.05, 3.63) is 30.0 Å². The Morgan fingerprint density at radius 2 is 1.89 bits per heavy atom. The number of piperidine rings is 1. The topological polar surface area (TPSA) is 66.8 Å². The molecule has 1 fully saturated rings. The molecule has 7 nitrogen and oxygen atoms in total. The number of ether oxygens (including phenoxy) is 1. The van der Waals surface area contributed by atoms with Crippen molar-refractivity contribution in [2.24, 2.45) is 17.8 Å². The lowest BCUT2D eigenvalue weighted by molar-refractivity contribution is -0.132. The van der Waals surface area contributed by atoms with E-state index in [0.717, 1.165) is 61.0 Å². The van der Waals surface area contributed by atoms with E-state index in [1.54, 1.807) is 7.11 Å². The molecule has 2 aliphatic heterocycles. The zero-order valence-electron chi connectivity index (χ0n) is 23.0. The van der Waals surface area contributed by atoms with E-state index < -0.39 is 5.54 Å². The Labute approximate surface area is 216 Å². The second kappa shape index (κ2) is 10.8. The second-order valence-electron chi connectivity index (χ2n) is 11.8. The lowest BCUT2D eigenvalue weighted by atomic mass is 9.92. The number of nitrogens with zero attached hydrogens (tertiary/aromatic N) is 3. The summed E-state index contributed by atoms with van der Waals surface area (Å²) in [6.45, 7) is 15.8. The molecule has 0 saturated carbocycles. The molecule has 0 unspecified atom stereocenters. The fourth-order valence-electron chi connectivity index (χ4n) is 6.06. The SMILES string of the molecule is COc1ccc2cc3n(c2c1)C[C@](C)(C(=O)NCCCN1C[C@@H](C)C[C@H](C)C1)N(CCC(C)C)C3=O. The van der Waals surface area contributed by atoms with E-state index in [2.05, 4.69) is 37.9 Å². The Balaban J connectivity index is 1.51. The van der Waals surface area contributed by atoms with Gasteiger partial charge in [-0.25, -0.2) is 0 Å². The number of aromatic nitrogens is 1. The van der Waals surface area contributed by atoms with Crippen molar-refractivity contribution < 1.29 is 14.3 Å². The number of nitrogens with one attached hydrogen (secondary N) is 1. The maximum atomic E-state index is 13.8. The molecule has 1 aromatic carbocycles. The van der Waals surface area contributed by atoms with Gasteiger partial charge in [0.05, 0.1) is 19.2 Å². The lowest BCUT2D eigenvalue weighted by Gasteiger charge is -2.44. The molecular weight excluding hydrogens is 452 g/mol. The van der Waals surface area contributed by atoms with Crippen molar-refractivity contribution in [1.82, 2.24) is 19.7 Å². The summed E-state index contributed by atoms with van der Waals surface area (Å²) in [5, 5.41) is 4.17. The molecule has 2 amide bonds. The van der Waals surface area contributed by atoms with Crippen molar-refractivity contribution >= 4 is 22.7 Å². The molecule has 0 bridgehead atoms. The van der Waals surface area contributed by atoms with Crippen LogP contribution in [0.5, 0.6) is 5.75 Å². The van der Waals surface area contributed by atoms with Crippen LogP contribution in [-0.4, -0.2) is 71.6 Å². The van der Waals surface area contributed by atoms with Gasteiger partial charge in [0.1, 0.15) is 17.0 Å². The first-order valence-corrected chi connectivity index (χ1v) is 13.6. The minimum absolute atomic E-state index is 0.0737. The zero-order valence-corrected chi connectivity index (χ0v) is 23.0. The Morgan fingerprint density at radius 1 is 1.17 bits per heavy atom. The third kappa shape index (κ3) is 5.41. The number of carbonyl (C=O) groups excluding carboxylic acids is 2. The summed E-state index contributed by atoms with van der Waals surface area (Å²) in [5.74, 6) is 2.49. The minimum Gasteiger partial charge on any atom is -0.497 e. The number of benzene rings is 1. The normalized spacial score (nSPS) is 24.9. The maximum absolute atomic E-state index is 13.8. The summed E-state index contributed by atoms with van der Waals surface area (Å²) in [5.41, 5.74) is 0.608. The molecule has 2 aromatic rings. The number of fused-ring (bicyclic) bond motifs is 3. The molecule has 198 valence electrons. The smallest absolute Gasteiger partial charge is 0.271 e. The van der Waals surface area contributed by atoms with E-state index >= 15 is 0 Å². The van der Waals surface area contributed by atoms with E-state index in [0.29, 0.717) is 31.2 Å². The standard InChI is InChI=1S/C29H44N4O3/c1-20(2)10-13-33-27(34)26-15-23-8-9-24(36-6)16-25(23)32(26)19-29(33,5)28(35)30-11-7-12-31-17-21(3)14-22(4)18-31/h8-9,15-16,20-22H,7,10-14,17-19H2,1-6H3,(H,30,35)/t21-,22-,29+/m0/s1. The molecule has 1 N–H and O–H groups in total. The maximum Gasteiger partial charge on any atom is 0.271 e. The summed E-state index contributed by atoms with van der Waals surface area (Å²) < 4.78 is 7.43. The molecule has 4 rings (SSSR count). The highest BCUT2D eigenvalue weighted by Crippen LogP contribution is 2.34. The quantitative estimate of drug-likeness (QED) is 0.523. The highest BCUT2D eigenvalue weighted by atomic mass is 16.5. The van der Waals surface area contributed by atoms with Gasteiger partial charge in [-0.15, -0.1) is 0 Å². The minimum atomic E-state index is -0.956. The molecule has 3 heterocycles. The molecule has 1 saturated heterocycles. The Morgan fingerprint density at radius 3 is 2.56 bits per heavy atom. The summed E-state index contributed by atoms with van der Waals surface area (Å²) in [6.07, 6.45) is 3.07. The predicted molar refractivity (Wildman–Crippen MR) is 144 cm³/mol. The van der Waals surface area contributed by atoms with Crippen molar-refractivity contribution in [3.8, 4) is 5.75 Å². The van der Waals surface area contributed by atoms with Crippen LogP contribution in [0.15, 0.2) is 24.3 Å². The van der Waals surface area contributed by atoms with Gasteiger partial charge in [-0.2, -0.15) is 0 Å². The van der Waals surface area contributed by atoms with Gasteiger partial charge in [0.15, 0.2) is 0 Å². The van der Waals surface area contributed by atoms with Crippen LogP contribution < -0.4 is 10.1 Å². The Hall–Kier alpha value is -2.54. The predicted octanol–water partition coefficient (Wildman–Crippen LogP) is 4.39. The van der Waals surface area contributed by atoms with Crippen molar-refractivity contribution in [2.75, 3.05) is 39.8 Å². The number of carbonyl (C=O) groups is 2. The Kier molecular flexibility index (Phi) is 7.98. The van der Waals surface area contributed by atoms with Crippen LogP contribution >= 0.6 is 0 Å². The van der Waals surface area contributed by atoms with Gasteiger partial charge in [0, 0.05) is 37.6 Å². The lowest BCUT2D eigenvalue weighted by Crippen LogP contribution is -2.64. The second-order valence-corrected chi connectivity index (χ2v) is 11.8. The number of hydrogen-bond acceptors (Lipinski definition) is 4. The van der Waals surface area contributed by atoms with E-state index in [-0.39, 0.29) is 11.8 Å². The van der Waals surface area contributed by atoms with Crippen LogP contribution in [0.1, 0.15) is 64.4 Å². The van der Waals surface area contributed by atoms with Gasteiger partial charge >= 0.3 is 0 Å². The largest absolute Gasteiger partial charge is 0.497 e. The van der Waals surface area contributed by atoms with Crippen LogP contribution in [0.25, 0.3) is 10.9 Å². The average molecular weight is 497 g/mol. The van der Waals surface area contributed by atoms with Crippen LogP contribution in [0, 0.1) is 17.8 Å². The van der Waals surface area contributed by atoms with Gasteiger partial charge in [0.25, 0.3) is 5.91 Å². The van der Waals surface area contributed by atoms with Crippen LogP contribution in [0.2, 0.25) is 0 Å². The highest BCUT2D eigenvalue weighted by Gasteiger charge is 2.47. The number of likely N-dealkylation sites (tertiary alicyclic amines) is 1. The third-order valence-electron chi connectivity index (χ3n) is 7.94. The molecule has 2 aliphatic rings. The van der Waals surface area contributed by atoms with Crippen molar-refractivity contribution in [1.29, 1.82) is 0 Å². The summed E-state index contributed by atoms with van der Waals surface area (Å²) in [7, 11) is 1.64. The Bertz CT molecular complexity index is 1080. The molecule has 3 atom stereocenters. The van der Waals surface area contributed by atoms with E-state index in [1.165, 1.54) is 6.42 Å². The van der Waals surface area contributed by atoms with Crippen molar-refractivity contribution in [2.45, 2.75) is 66.0 Å². The monoisotopic (exact) mass is 496 g/mol. The zero-order chi connectivity index (χ0) is 26.0. The van der Waals surface area contributed by atoms with Gasteiger partial charge in [-0.05, 0) is 68.7 Å².